The normalized spacial score (nSPS) is 11.4. The fourth-order valence-corrected chi connectivity index (χ4v) is 1.82. The summed E-state index contributed by atoms with van der Waals surface area (Å²) >= 11 is 0. The van der Waals surface area contributed by atoms with Crippen LogP contribution in [0.2, 0.25) is 0 Å². The number of benzene rings is 1. The highest BCUT2D eigenvalue weighted by atomic mass is 19.1. The topological polar surface area (TPSA) is 61.4 Å². The van der Waals surface area contributed by atoms with Gasteiger partial charge in [0.1, 0.15) is 5.82 Å². The highest BCUT2D eigenvalue weighted by Gasteiger charge is 2.24. The van der Waals surface area contributed by atoms with Gasteiger partial charge in [0.15, 0.2) is 0 Å². The number of aliphatic hydroxyl groups excluding tert-OH is 1. The van der Waals surface area contributed by atoms with E-state index in [9.17, 15) is 14.3 Å². The van der Waals surface area contributed by atoms with Crippen LogP contribution in [0.3, 0.4) is 0 Å². The van der Waals surface area contributed by atoms with Crippen molar-refractivity contribution in [1.29, 1.82) is 0 Å². The summed E-state index contributed by atoms with van der Waals surface area (Å²) in [6.45, 7) is 3.97. The molecule has 1 aromatic rings. The third kappa shape index (κ3) is 4.61. The van der Waals surface area contributed by atoms with Crippen molar-refractivity contribution in [1.82, 2.24) is 5.32 Å². The van der Waals surface area contributed by atoms with Gasteiger partial charge in [-0.2, -0.15) is 0 Å². The van der Waals surface area contributed by atoms with E-state index in [1.165, 1.54) is 18.2 Å². The van der Waals surface area contributed by atoms with E-state index in [2.05, 4.69) is 10.6 Å². The van der Waals surface area contributed by atoms with Crippen LogP contribution < -0.4 is 10.6 Å². The van der Waals surface area contributed by atoms with Gasteiger partial charge in [-0.15, -0.1) is 0 Å². The number of halogens is 1. The highest BCUT2D eigenvalue weighted by Crippen LogP contribution is 2.14. The van der Waals surface area contributed by atoms with E-state index in [4.69, 9.17) is 0 Å². The Labute approximate surface area is 113 Å². The lowest BCUT2D eigenvalue weighted by atomic mass is 9.94. The van der Waals surface area contributed by atoms with Crippen molar-refractivity contribution < 1.29 is 14.3 Å². The number of hydrogen-bond acceptors (Lipinski definition) is 3. The third-order valence-corrected chi connectivity index (χ3v) is 3.39. The predicted octanol–water partition coefficient (Wildman–Crippen LogP) is 1.90. The van der Waals surface area contributed by atoms with Gasteiger partial charge in [0.2, 0.25) is 5.91 Å². The zero-order valence-corrected chi connectivity index (χ0v) is 11.4. The molecule has 0 saturated carbocycles. The Bertz CT molecular complexity index is 411. The lowest BCUT2D eigenvalue weighted by molar-refractivity contribution is -0.115. The van der Waals surface area contributed by atoms with Crippen LogP contribution >= 0.6 is 0 Å². The average Bonchev–Trinajstić information content (AvgIpc) is 2.41. The molecule has 1 aromatic carbocycles. The average molecular weight is 268 g/mol. The molecule has 0 fully saturated rings. The van der Waals surface area contributed by atoms with Crippen LogP contribution in [0.15, 0.2) is 24.3 Å². The van der Waals surface area contributed by atoms with Crippen molar-refractivity contribution in [3.8, 4) is 0 Å². The smallest absolute Gasteiger partial charge is 0.238 e. The maximum absolute atomic E-state index is 13.0. The standard InChI is InChI=1S/C14H21FN2O2/c1-3-14(4-2,10-18)16-9-13(19)17-12-7-5-6-11(15)8-12/h5-8,16,18H,3-4,9-10H2,1-2H3,(H,17,19). The first-order valence-corrected chi connectivity index (χ1v) is 6.46. The second-order valence-electron chi connectivity index (χ2n) is 4.56. The van der Waals surface area contributed by atoms with Crippen LogP contribution in [0.5, 0.6) is 0 Å². The summed E-state index contributed by atoms with van der Waals surface area (Å²) in [5, 5.41) is 15.0. The van der Waals surface area contributed by atoms with Crippen LogP contribution in [0.4, 0.5) is 10.1 Å². The van der Waals surface area contributed by atoms with Crippen LogP contribution in [-0.4, -0.2) is 29.7 Å². The Kier molecular flexibility index (Phi) is 5.92. The molecule has 0 aliphatic rings. The number of hydrogen-bond donors (Lipinski definition) is 3. The molecule has 0 bridgehead atoms. The summed E-state index contributed by atoms with van der Waals surface area (Å²) in [7, 11) is 0. The van der Waals surface area contributed by atoms with Gasteiger partial charge in [-0.1, -0.05) is 19.9 Å². The molecule has 0 spiro atoms. The van der Waals surface area contributed by atoms with Crippen molar-refractivity contribution in [2.45, 2.75) is 32.2 Å². The van der Waals surface area contributed by atoms with Gasteiger partial charge in [0.25, 0.3) is 0 Å². The Morgan fingerprint density at radius 2 is 2.05 bits per heavy atom. The summed E-state index contributed by atoms with van der Waals surface area (Å²) in [5.74, 6) is -0.650. The van der Waals surface area contributed by atoms with E-state index in [1.807, 2.05) is 13.8 Å². The number of carbonyl (C=O) groups excluding carboxylic acids is 1. The molecule has 0 unspecified atom stereocenters. The molecule has 0 atom stereocenters. The molecule has 0 aliphatic heterocycles. The van der Waals surface area contributed by atoms with Gasteiger partial charge in [-0.3, -0.25) is 4.79 Å². The fourth-order valence-electron chi connectivity index (χ4n) is 1.82. The van der Waals surface area contributed by atoms with Gasteiger partial charge in [-0.25, -0.2) is 4.39 Å². The summed E-state index contributed by atoms with van der Waals surface area (Å²) in [6.07, 6.45) is 1.46. The minimum atomic E-state index is -0.431. The summed E-state index contributed by atoms with van der Waals surface area (Å²) in [5.41, 5.74) is -0.00591. The zero-order valence-electron chi connectivity index (χ0n) is 11.4. The van der Waals surface area contributed by atoms with Gasteiger partial charge >= 0.3 is 0 Å². The van der Waals surface area contributed by atoms with Gasteiger partial charge < -0.3 is 15.7 Å². The highest BCUT2D eigenvalue weighted by molar-refractivity contribution is 5.92. The minimum Gasteiger partial charge on any atom is -0.394 e. The zero-order chi connectivity index (χ0) is 14.3. The first-order valence-electron chi connectivity index (χ1n) is 6.46. The first kappa shape index (κ1) is 15.6. The molecule has 1 rings (SSSR count). The molecule has 5 heteroatoms. The summed E-state index contributed by atoms with van der Waals surface area (Å²) < 4.78 is 13.0. The number of amides is 1. The van der Waals surface area contributed by atoms with Gasteiger partial charge in [0, 0.05) is 11.2 Å². The van der Waals surface area contributed by atoms with Crippen molar-refractivity contribution >= 4 is 11.6 Å². The van der Waals surface area contributed by atoms with Crippen molar-refractivity contribution in [3.05, 3.63) is 30.1 Å². The van der Waals surface area contributed by atoms with E-state index in [0.29, 0.717) is 5.69 Å². The van der Waals surface area contributed by atoms with Crippen molar-refractivity contribution in [2.75, 3.05) is 18.5 Å². The molecule has 3 N–H and O–H groups in total. The number of anilines is 1. The van der Waals surface area contributed by atoms with Gasteiger partial charge in [0.05, 0.1) is 13.2 Å². The van der Waals surface area contributed by atoms with Crippen LogP contribution in [0.25, 0.3) is 0 Å². The molecule has 0 aromatic heterocycles. The summed E-state index contributed by atoms with van der Waals surface area (Å²) in [4.78, 5) is 11.7. The molecule has 19 heavy (non-hydrogen) atoms. The molecule has 0 radical (unpaired) electrons. The van der Waals surface area contributed by atoms with E-state index >= 15 is 0 Å². The number of carbonyl (C=O) groups is 1. The Morgan fingerprint density at radius 3 is 2.58 bits per heavy atom. The second-order valence-corrected chi connectivity index (χ2v) is 4.56. The van der Waals surface area contributed by atoms with E-state index in [-0.39, 0.29) is 19.1 Å². The molecule has 4 nitrogen and oxygen atoms in total. The van der Waals surface area contributed by atoms with E-state index in [1.54, 1.807) is 6.07 Å². The lowest BCUT2D eigenvalue weighted by Crippen LogP contribution is -2.50. The molecule has 0 saturated heterocycles. The predicted molar refractivity (Wildman–Crippen MR) is 73.4 cm³/mol. The van der Waals surface area contributed by atoms with Crippen LogP contribution in [-0.2, 0) is 4.79 Å². The maximum Gasteiger partial charge on any atom is 0.238 e. The number of nitrogens with one attached hydrogen (secondary N) is 2. The van der Waals surface area contributed by atoms with E-state index in [0.717, 1.165) is 12.8 Å². The molecule has 0 aliphatic carbocycles. The lowest BCUT2D eigenvalue weighted by Gasteiger charge is -2.30. The number of rotatable bonds is 7. The second kappa shape index (κ2) is 7.21. The van der Waals surface area contributed by atoms with Gasteiger partial charge in [-0.05, 0) is 31.0 Å². The fraction of sp³-hybridized carbons (Fsp3) is 0.500. The molecule has 106 valence electrons. The maximum atomic E-state index is 13.0. The summed E-state index contributed by atoms with van der Waals surface area (Å²) in [6, 6.07) is 5.74. The first-order chi connectivity index (χ1) is 9.05. The van der Waals surface area contributed by atoms with Crippen LogP contribution in [0.1, 0.15) is 26.7 Å². The van der Waals surface area contributed by atoms with Crippen molar-refractivity contribution in [2.24, 2.45) is 0 Å². The SMILES string of the molecule is CCC(CC)(CO)NCC(=O)Nc1cccc(F)c1. The van der Waals surface area contributed by atoms with Crippen molar-refractivity contribution in [3.63, 3.8) is 0 Å². The third-order valence-electron chi connectivity index (χ3n) is 3.39. The van der Waals surface area contributed by atoms with E-state index < -0.39 is 11.4 Å². The monoisotopic (exact) mass is 268 g/mol. The molecular formula is C14H21FN2O2. The Morgan fingerprint density at radius 1 is 1.37 bits per heavy atom. The van der Waals surface area contributed by atoms with Crippen LogP contribution in [0, 0.1) is 5.82 Å². The Balaban J connectivity index is 2.52. The Hall–Kier alpha value is -1.46. The molecule has 0 heterocycles. The largest absolute Gasteiger partial charge is 0.394 e. The molecular weight excluding hydrogens is 247 g/mol. The minimum absolute atomic E-state index is 0.0206. The number of aliphatic hydroxyl groups is 1. The molecule has 1 amide bonds. The quantitative estimate of drug-likeness (QED) is 0.708.